The summed E-state index contributed by atoms with van der Waals surface area (Å²) in [6.07, 6.45) is 7.63. The van der Waals surface area contributed by atoms with E-state index in [4.69, 9.17) is 5.41 Å². The number of carbonyl (C=O) groups excluding carboxylic acids is 1. The lowest BCUT2D eigenvalue weighted by atomic mass is 9.93. The van der Waals surface area contributed by atoms with Gasteiger partial charge in [-0.1, -0.05) is 5.57 Å². The average Bonchev–Trinajstić information content (AvgIpc) is 2.59. The number of halogens is 1. The van der Waals surface area contributed by atoms with Crippen LogP contribution < -0.4 is 0 Å². The Bertz CT molecular complexity index is 590. The van der Waals surface area contributed by atoms with Crippen molar-refractivity contribution in [3.63, 3.8) is 0 Å². The molecule has 3 nitrogen and oxygen atoms in total. The van der Waals surface area contributed by atoms with Crippen LogP contribution in [-0.2, 0) is 4.79 Å². The van der Waals surface area contributed by atoms with E-state index >= 15 is 0 Å². The van der Waals surface area contributed by atoms with Gasteiger partial charge in [-0.2, -0.15) is 0 Å². The molecule has 1 aliphatic carbocycles. The number of allylic oxidation sites excluding steroid dienone is 2. The van der Waals surface area contributed by atoms with Crippen molar-refractivity contribution in [1.82, 2.24) is 0 Å². The smallest absolute Gasteiger partial charge is 0.123 e. The highest BCUT2D eigenvalue weighted by Crippen LogP contribution is 2.24. The van der Waals surface area contributed by atoms with Gasteiger partial charge in [0.05, 0.1) is 5.69 Å². The Balaban J connectivity index is 2.33. The molecule has 0 saturated heterocycles. The van der Waals surface area contributed by atoms with Crippen molar-refractivity contribution in [2.45, 2.75) is 32.6 Å². The van der Waals surface area contributed by atoms with Gasteiger partial charge in [-0.25, -0.2) is 4.39 Å². The summed E-state index contributed by atoms with van der Waals surface area (Å²) >= 11 is 0. The highest BCUT2D eigenvalue weighted by Gasteiger charge is 2.18. The maximum Gasteiger partial charge on any atom is 0.123 e. The van der Waals surface area contributed by atoms with E-state index < -0.39 is 0 Å². The van der Waals surface area contributed by atoms with Crippen LogP contribution in [0.2, 0.25) is 0 Å². The fourth-order valence-corrected chi connectivity index (χ4v) is 2.62. The number of carbonyl (C=O) groups is 1. The Morgan fingerprint density at radius 3 is 2.59 bits per heavy atom. The first kappa shape index (κ1) is 16.3. The first-order valence-electron chi connectivity index (χ1n) is 7.59. The van der Waals surface area contributed by atoms with E-state index in [-0.39, 0.29) is 17.7 Å². The molecule has 2 atom stereocenters. The van der Waals surface area contributed by atoms with Crippen molar-refractivity contribution in [1.29, 1.82) is 5.41 Å². The van der Waals surface area contributed by atoms with Crippen LogP contribution in [-0.4, -0.2) is 18.2 Å². The van der Waals surface area contributed by atoms with Crippen molar-refractivity contribution in [2.75, 3.05) is 0 Å². The number of aliphatic imine (C=N–C) groups is 1. The van der Waals surface area contributed by atoms with Crippen molar-refractivity contribution in [2.24, 2.45) is 16.8 Å². The third-order valence-corrected chi connectivity index (χ3v) is 4.01. The molecule has 1 N–H and O–H groups in total. The summed E-state index contributed by atoms with van der Waals surface area (Å²) in [5.41, 5.74) is 2.64. The van der Waals surface area contributed by atoms with Crippen LogP contribution in [0.5, 0.6) is 0 Å². The van der Waals surface area contributed by atoms with Crippen LogP contribution >= 0.6 is 0 Å². The topological polar surface area (TPSA) is 53.3 Å². The summed E-state index contributed by atoms with van der Waals surface area (Å²) in [5.74, 6) is -0.348. The van der Waals surface area contributed by atoms with Gasteiger partial charge in [0.2, 0.25) is 0 Å². The molecule has 0 aromatic heterocycles. The van der Waals surface area contributed by atoms with Crippen LogP contribution in [0.3, 0.4) is 0 Å². The standard InChI is InChI=1S/C18H21FN2O/c1-13-2-3-14(12-22)4-5-15(11-20)18(10-13)21-17-8-6-16(19)7-9-17/h6-12,14-15,20H,2-5H2,1H3/b13-10+,20-11?,21-18?. The molecule has 0 saturated carbocycles. The minimum atomic E-state index is -0.289. The van der Waals surface area contributed by atoms with Crippen LogP contribution in [0.4, 0.5) is 10.1 Å². The predicted molar refractivity (Wildman–Crippen MR) is 87.5 cm³/mol. The molecule has 116 valence electrons. The molecule has 0 bridgehead atoms. The minimum Gasteiger partial charge on any atom is -0.312 e. The summed E-state index contributed by atoms with van der Waals surface area (Å²) in [6, 6.07) is 6.03. The fraction of sp³-hybridized carbons (Fsp3) is 0.389. The average molecular weight is 300 g/mol. The third-order valence-electron chi connectivity index (χ3n) is 4.01. The predicted octanol–water partition coefficient (Wildman–Crippen LogP) is 4.50. The molecule has 0 fully saturated rings. The van der Waals surface area contributed by atoms with E-state index in [0.29, 0.717) is 5.69 Å². The number of nitrogens with one attached hydrogen (secondary N) is 1. The lowest BCUT2D eigenvalue weighted by molar-refractivity contribution is -0.111. The zero-order valence-electron chi connectivity index (χ0n) is 12.8. The van der Waals surface area contributed by atoms with Gasteiger partial charge in [0.25, 0.3) is 0 Å². The van der Waals surface area contributed by atoms with Crippen LogP contribution in [0.1, 0.15) is 32.6 Å². The molecule has 0 amide bonds. The second-order valence-corrected chi connectivity index (χ2v) is 5.79. The maximum atomic E-state index is 13.0. The van der Waals surface area contributed by atoms with Gasteiger partial charge in [-0.15, -0.1) is 0 Å². The normalized spacial score (nSPS) is 27.2. The van der Waals surface area contributed by atoms with Gasteiger partial charge in [0, 0.05) is 23.8 Å². The van der Waals surface area contributed by atoms with E-state index in [9.17, 15) is 9.18 Å². The maximum absolute atomic E-state index is 13.0. The molecular weight excluding hydrogens is 279 g/mol. The van der Waals surface area contributed by atoms with E-state index in [2.05, 4.69) is 4.99 Å². The van der Waals surface area contributed by atoms with Crippen LogP contribution in [0, 0.1) is 23.1 Å². The number of nitrogens with zero attached hydrogens (tertiary/aromatic N) is 1. The number of hydrogen-bond acceptors (Lipinski definition) is 3. The molecule has 22 heavy (non-hydrogen) atoms. The highest BCUT2D eigenvalue weighted by molar-refractivity contribution is 6.06. The molecule has 0 aliphatic heterocycles. The van der Waals surface area contributed by atoms with Gasteiger partial charge in [0.15, 0.2) is 0 Å². The molecule has 1 aromatic carbocycles. The lowest BCUT2D eigenvalue weighted by Gasteiger charge is -2.13. The van der Waals surface area contributed by atoms with Gasteiger partial charge in [0.1, 0.15) is 12.1 Å². The first-order chi connectivity index (χ1) is 10.6. The Hall–Kier alpha value is -2.10. The van der Waals surface area contributed by atoms with Crippen LogP contribution in [0.15, 0.2) is 40.9 Å². The number of aldehydes is 1. The summed E-state index contributed by atoms with van der Waals surface area (Å²) in [4.78, 5) is 15.7. The minimum absolute atomic E-state index is 0.0518. The lowest BCUT2D eigenvalue weighted by Crippen LogP contribution is -2.15. The summed E-state index contributed by atoms with van der Waals surface area (Å²) < 4.78 is 13.0. The summed E-state index contributed by atoms with van der Waals surface area (Å²) in [6.45, 7) is 2.02. The molecule has 1 aromatic rings. The van der Waals surface area contributed by atoms with Gasteiger partial charge in [-0.3, -0.25) is 4.99 Å². The van der Waals surface area contributed by atoms with Gasteiger partial charge < -0.3 is 10.2 Å². The third kappa shape index (κ3) is 4.45. The van der Waals surface area contributed by atoms with Crippen LogP contribution in [0.25, 0.3) is 0 Å². The Morgan fingerprint density at radius 1 is 1.23 bits per heavy atom. The fourth-order valence-electron chi connectivity index (χ4n) is 2.62. The Labute approximate surface area is 130 Å². The van der Waals surface area contributed by atoms with Crippen molar-refractivity contribution in [3.05, 3.63) is 41.7 Å². The number of hydrogen-bond donors (Lipinski definition) is 1. The Morgan fingerprint density at radius 2 is 1.95 bits per heavy atom. The zero-order valence-corrected chi connectivity index (χ0v) is 12.8. The second-order valence-electron chi connectivity index (χ2n) is 5.79. The largest absolute Gasteiger partial charge is 0.312 e. The molecule has 2 rings (SSSR count). The van der Waals surface area contributed by atoms with E-state index in [0.717, 1.165) is 43.3 Å². The SMILES string of the molecule is C/C1=C\C(=Nc2ccc(F)cc2)C(C=N)CCC(C=O)CC1. The van der Waals surface area contributed by atoms with Crippen molar-refractivity contribution >= 4 is 23.9 Å². The molecule has 0 spiro atoms. The van der Waals surface area contributed by atoms with Gasteiger partial charge in [-0.05, 0) is 62.9 Å². The van der Waals surface area contributed by atoms with E-state index in [1.807, 2.05) is 13.0 Å². The molecule has 0 heterocycles. The highest BCUT2D eigenvalue weighted by atomic mass is 19.1. The Kier molecular flexibility index (Phi) is 5.75. The second kappa shape index (κ2) is 7.78. The number of benzene rings is 1. The molecule has 0 radical (unpaired) electrons. The zero-order chi connectivity index (χ0) is 15.9. The monoisotopic (exact) mass is 300 g/mol. The molecular formula is C18H21FN2O. The molecule has 4 heteroatoms. The van der Waals surface area contributed by atoms with Crippen molar-refractivity contribution in [3.8, 4) is 0 Å². The first-order valence-corrected chi connectivity index (χ1v) is 7.59. The van der Waals surface area contributed by atoms with E-state index in [1.54, 1.807) is 12.1 Å². The van der Waals surface area contributed by atoms with E-state index in [1.165, 1.54) is 18.3 Å². The van der Waals surface area contributed by atoms with Gasteiger partial charge >= 0.3 is 0 Å². The summed E-state index contributed by atoms with van der Waals surface area (Å²) in [7, 11) is 0. The molecule has 1 aliphatic rings. The number of rotatable bonds is 3. The summed E-state index contributed by atoms with van der Waals surface area (Å²) in [5, 5.41) is 7.67. The molecule has 2 unspecified atom stereocenters. The quantitative estimate of drug-likeness (QED) is 0.648. The van der Waals surface area contributed by atoms with Crippen molar-refractivity contribution < 1.29 is 9.18 Å².